The Morgan fingerprint density at radius 2 is 2.23 bits per heavy atom. The van der Waals surface area contributed by atoms with Gasteiger partial charge in [-0.3, -0.25) is 4.84 Å². The molecule has 0 aliphatic carbocycles. The van der Waals surface area contributed by atoms with Crippen molar-refractivity contribution in [3.63, 3.8) is 0 Å². The second-order valence-electron chi connectivity index (χ2n) is 2.57. The van der Waals surface area contributed by atoms with E-state index >= 15 is 0 Å². The van der Waals surface area contributed by atoms with Crippen molar-refractivity contribution in [2.75, 3.05) is 13.2 Å². The lowest BCUT2D eigenvalue weighted by Crippen LogP contribution is -2.12. The normalized spacial score (nSPS) is 11.2. The molecule has 0 aromatic carbocycles. The lowest BCUT2D eigenvalue weighted by molar-refractivity contribution is 0.0564. The molecular weight excluding hydrogens is 172 g/mol. The van der Waals surface area contributed by atoms with Crippen LogP contribution in [0.25, 0.3) is 0 Å². The Morgan fingerprint density at radius 3 is 2.77 bits per heavy atom. The van der Waals surface area contributed by atoms with Gasteiger partial charge in [0.1, 0.15) is 0 Å². The third kappa shape index (κ3) is 7.27. The molecule has 0 heterocycles. The molecule has 0 aromatic heterocycles. The van der Waals surface area contributed by atoms with E-state index < -0.39 is 6.16 Å². The van der Waals surface area contributed by atoms with Gasteiger partial charge in [0.15, 0.2) is 0 Å². The Bertz CT molecular complexity index is 180. The van der Waals surface area contributed by atoms with Crippen molar-refractivity contribution >= 4 is 11.9 Å². The largest absolute Gasteiger partial charge is 0.535 e. The number of unbranched alkanes of at least 4 members (excludes halogenated alkanes) is 1. The third-order valence-electron chi connectivity index (χ3n) is 1.29. The summed E-state index contributed by atoms with van der Waals surface area (Å²) >= 11 is 0. The molecule has 0 radical (unpaired) electrons. The number of hydrogen-bond donors (Lipinski definition) is 1. The van der Waals surface area contributed by atoms with Crippen molar-refractivity contribution in [3.8, 4) is 0 Å². The number of nitrogens with two attached hydrogens (primary N) is 1. The fourth-order valence-electron chi connectivity index (χ4n) is 0.479. The van der Waals surface area contributed by atoms with Crippen molar-refractivity contribution in [1.82, 2.24) is 0 Å². The molecule has 0 atom stereocenters. The van der Waals surface area contributed by atoms with Crippen molar-refractivity contribution in [1.29, 1.82) is 0 Å². The summed E-state index contributed by atoms with van der Waals surface area (Å²) in [5, 5.41) is 3.44. The van der Waals surface area contributed by atoms with Crippen LogP contribution in [0, 0.1) is 0 Å². The maximum Gasteiger partial charge on any atom is 0.535 e. The fourth-order valence-corrected chi connectivity index (χ4v) is 0.479. The van der Waals surface area contributed by atoms with Gasteiger partial charge in [-0.15, -0.1) is 0 Å². The van der Waals surface area contributed by atoms with E-state index in [1.807, 2.05) is 6.92 Å². The maximum absolute atomic E-state index is 10.7. The zero-order valence-corrected chi connectivity index (χ0v) is 8.08. The lowest BCUT2D eigenvalue weighted by atomic mass is 10.4. The first-order chi connectivity index (χ1) is 6.20. The van der Waals surface area contributed by atoms with E-state index in [4.69, 9.17) is 5.73 Å². The average molecular weight is 188 g/mol. The highest BCUT2D eigenvalue weighted by atomic mass is 16.8. The molecule has 0 unspecified atom stereocenters. The molecule has 13 heavy (non-hydrogen) atoms. The first-order valence-corrected chi connectivity index (χ1v) is 4.28. The molecule has 0 spiro atoms. The van der Waals surface area contributed by atoms with Gasteiger partial charge in [0.05, 0.1) is 12.3 Å². The minimum Gasteiger partial charge on any atom is -0.433 e. The summed E-state index contributed by atoms with van der Waals surface area (Å²) in [7, 11) is 0. The number of nitrogens with zero attached hydrogens (tertiary/aromatic N) is 1. The van der Waals surface area contributed by atoms with E-state index in [0.29, 0.717) is 12.3 Å². The van der Waals surface area contributed by atoms with Crippen LogP contribution in [0.5, 0.6) is 0 Å². The van der Waals surface area contributed by atoms with E-state index in [9.17, 15) is 4.79 Å². The molecular formula is C8H16N2O3. The Balaban J connectivity index is 3.51. The molecule has 5 nitrogen and oxygen atoms in total. The number of hydrogen-bond acceptors (Lipinski definition) is 5. The van der Waals surface area contributed by atoms with Crippen LogP contribution in [0.4, 0.5) is 4.79 Å². The van der Waals surface area contributed by atoms with Crippen molar-refractivity contribution in [3.05, 3.63) is 0 Å². The zero-order valence-electron chi connectivity index (χ0n) is 8.08. The summed E-state index contributed by atoms with van der Waals surface area (Å²) in [5.41, 5.74) is 5.77. The molecule has 0 amide bonds. The van der Waals surface area contributed by atoms with E-state index in [1.54, 1.807) is 6.92 Å². The smallest absolute Gasteiger partial charge is 0.433 e. The maximum atomic E-state index is 10.7. The molecule has 2 N–H and O–H groups in total. The van der Waals surface area contributed by atoms with Crippen molar-refractivity contribution < 1.29 is 14.4 Å². The zero-order chi connectivity index (χ0) is 10.1. The Kier molecular flexibility index (Phi) is 6.91. The van der Waals surface area contributed by atoms with E-state index in [1.165, 1.54) is 0 Å². The molecule has 0 saturated heterocycles. The number of carbonyl (C=O) groups is 1. The molecule has 76 valence electrons. The Labute approximate surface area is 77.9 Å². The van der Waals surface area contributed by atoms with Gasteiger partial charge < -0.3 is 10.5 Å². The quantitative estimate of drug-likeness (QED) is 0.232. The number of rotatable bonds is 5. The molecule has 0 fully saturated rings. The van der Waals surface area contributed by atoms with Crippen molar-refractivity contribution in [2.45, 2.75) is 26.7 Å². The highest BCUT2D eigenvalue weighted by Gasteiger charge is 2.01. The van der Waals surface area contributed by atoms with Gasteiger partial charge in [-0.25, -0.2) is 4.79 Å². The van der Waals surface area contributed by atoms with Crippen molar-refractivity contribution in [2.24, 2.45) is 10.9 Å². The van der Waals surface area contributed by atoms with Crippen LogP contribution in [0.1, 0.15) is 26.7 Å². The summed E-state index contributed by atoms with van der Waals surface area (Å²) < 4.78 is 4.67. The summed E-state index contributed by atoms with van der Waals surface area (Å²) in [6.07, 6.45) is 1.02. The first-order valence-electron chi connectivity index (χ1n) is 4.28. The highest BCUT2D eigenvalue weighted by molar-refractivity contribution is 5.83. The van der Waals surface area contributed by atoms with E-state index in [0.717, 1.165) is 12.8 Å². The predicted octanol–water partition coefficient (Wildman–Crippen LogP) is 1.27. The standard InChI is InChI=1S/C8H16N2O3/c1-3-4-5-12-8(11)13-10-7(2)6-9/h3-6,9H2,1-2H3. The first kappa shape index (κ1) is 11.9. The summed E-state index contributed by atoms with van der Waals surface area (Å²) in [6.45, 7) is 4.31. The monoisotopic (exact) mass is 188 g/mol. The van der Waals surface area contributed by atoms with Gasteiger partial charge in [-0.1, -0.05) is 18.5 Å². The minimum atomic E-state index is -0.777. The second-order valence-corrected chi connectivity index (χ2v) is 2.57. The SMILES string of the molecule is CCCCOC(=O)ON=C(C)CN. The summed E-state index contributed by atoms with van der Waals surface area (Å²) in [6, 6.07) is 0. The van der Waals surface area contributed by atoms with Crippen LogP contribution in [-0.2, 0) is 9.57 Å². The molecule has 0 aromatic rings. The topological polar surface area (TPSA) is 73.9 Å². The molecule has 0 bridgehead atoms. The van der Waals surface area contributed by atoms with E-state index in [-0.39, 0.29) is 6.54 Å². The van der Waals surface area contributed by atoms with Gasteiger partial charge in [-0.2, -0.15) is 0 Å². The summed E-state index contributed by atoms with van der Waals surface area (Å²) in [4.78, 5) is 15.1. The lowest BCUT2D eigenvalue weighted by Gasteiger charge is -2.00. The molecule has 0 saturated carbocycles. The van der Waals surface area contributed by atoms with Crippen LogP contribution in [0.3, 0.4) is 0 Å². The van der Waals surface area contributed by atoms with Crippen LogP contribution in [0.2, 0.25) is 0 Å². The van der Waals surface area contributed by atoms with Gasteiger partial charge in [0.25, 0.3) is 0 Å². The molecule has 5 heteroatoms. The highest BCUT2D eigenvalue weighted by Crippen LogP contribution is 1.92. The second kappa shape index (κ2) is 7.54. The van der Waals surface area contributed by atoms with Gasteiger partial charge in [0, 0.05) is 6.54 Å². The minimum absolute atomic E-state index is 0.266. The van der Waals surface area contributed by atoms with E-state index in [2.05, 4.69) is 14.7 Å². The molecule has 0 rings (SSSR count). The number of carbonyl (C=O) groups excluding carboxylic acids is 1. The van der Waals surface area contributed by atoms with Gasteiger partial charge in [0.2, 0.25) is 0 Å². The fraction of sp³-hybridized carbons (Fsp3) is 0.750. The third-order valence-corrected chi connectivity index (χ3v) is 1.29. The predicted molar refractivity (Wildman–Crippen MR) is 49.5 cm³/mol. The van der Waals surface area contributed by atoms with Gasteiger partial charge >= 0.3 is 6.16 Å². The number of ether oxygens (including phenoxy) is 1. The van der Waals surface area contributed by atoms with Crippen LogP contribution in [0.15, 0.2) is 5.16 Å². The molecule has 0 aliphatic heterocycles. The van der Waals surface area contributed by atoms with Crippen LogP contribution >= 0.6 is 0 Å². The Morgan fingerprint density at radius 1 is 1.54 bits per heavy atom. The van der Waals surface area contributed by atoms with Gasteiger partial charge in [-0.05, 0) is 13.3 Å². The molecule has 0 aliphatic rings. The van der Waals surface area contributed by atoms with Crippen LogP contribution in [-0.4, -0.2) is 25.0 Å². The van der Waals surface area contributed by atoms with Crippen LogP contribution < -0.4 is 5.73 Å². The number of oxime groups is 1. The Hall–Kier alpha value is -1.10. The summed E-state index contributed by atoms with van der Waals surface area (Å²) in [5.74, 6) is 0. The average Bonchev–Trinajstić information content (AvgIpc) is 2.14.